The summed E-state index contributed by atoms with van der Waals surface area (Å²) in [5.74, 6) is 0. The molecule has 10 rings (SSSR count). The number of thioether (sulfide) groups is 1. The Bertz CT molecular complexity index is 2650. The van der Waals surface area contributed by atoms with Crippen LogP contribution in [0.2, 0.25) is 0 Å². The van der Waals surface area contributed by atoms with Crippen molar-refractivity contribution in [2.24, 2.45) is 4.99 Å². The molecule has 48 heavy (non-hydrogen) atoms. The van der Waals surface area contributed by atoms with Gasteiger partial charge in [-0.3, -0.25) is 0 Å². The molecule has 6 heteroatoms. The molecule has 4 heterocycles. The Morgan fingerprint density at radius 2 is 1.46 bits per heavy atom. The zero-order chi connectivity index (χ0) is 31.4. The molecular formula is C42H30N4PtS. The summed E-state index contributed by atoms with van der Waals surface area (Å²) >= 11 is 1.90. The maximum absolute atomic E-state index is 5.27. The van der Waals surface area contributed by atoms with Crippen molar-refractivity contribution in [2.45, 2.75) is 38.5 Å². The van der Waals surface area contributed by atoms with Crippen LogP contribution in [0.15, 0.2) is 108 Å². The first-order chi connectivity index (χ1) is 23.0. The molecule has 1 aliphatic carbocycles. The Kier molecular flexibility index (Phi) is 6.83. The van der Waals surface area contributed by atoms with Crippen molar-refractivity contribution in [1.82, 2.24) is 14.1 Å². The molecule has 2 aliphatic rings. The molecule has 0 fully saturated rings. The van der Waals surface area contributed by atoms with E-state index in [1.165, 1.54) is 44.0 Å². The van der Waals surface area contributed by atoms with Crippen LogP contribution in [-0.4, -0.2) is 25.2 Å². The monoisotopic (exact) mass is 817 g/mol. The molecule has 0 saturated heterocycles. The summed E-state index contributed by atoms with van der Waals surface area (Å²) in [7, 11) is 0. The van der Waals surface area contributed by atoms with Gasteiger partial charge in [-0.25, -0.2) is 4.98 Å². The van der Waals surface area contributed by atoms with Crippen molar-refractivity contribution in [1.29, 1.82) is 0 Å². The molecule has 0 bridgehead atoms. The molecule has 0 radical (unpaired) electrons. The largest absolute Gasteiger partial charge is 2.00 e. The summed E-state index contributed by atoms with van der Waals surface area (Å²) < 4.78 is 4.59. The molecular weight excluding hydrogens is 788 g/mol. The zero-order valence-corrected chi connectivity index (χ0v) is 29.8. The summed E-state index contributed by atoms with van der Waals surface area (Å²) in [6.45, 7) is 6.48. The maximum Gasteiger partial charge on any atom is 2.00 e. The van der Waals surface area contributed by atoms with Gasteiger partial charge in [-0.15, -0.1) is 58.6 Å². The van der Waals surface area contributed by atoms with Crippen molar-refractivity contribution in [3.8, 4) is 11.4 Å². The molecule has 0 saturated carbocycles. The fourth-order valence-corrected chi connectivity index (χ4v) is 9.13. The third kappa shape index (κ3) is 4.41. The number of hydrogen-bond acceptors (Lipinski definition) is 3. The SMILES string of the molecule is Cc1cc(C2=N[C@@H]3Cc4ccccc4[C@@H]3S2)[c-]c(-n2c3[c-]c(-n4c5ccc(C)cc5c5cccnc54)ccc3c3cc(C)ccc32)c1.[Pt+2]. The molecule has 5 aromatic carbocycles. The number of rotatable bonds is 3. The normalized spacial score (nSPS) is 16.9. The molecule has 0 spiro atoms. The number of pyridine rings is 1. The number of fused-ring (bicyclic) bond motifs is 9. The van der Waals surface area contributed by atoms with Crippen molar-refractivity contribution >= 4 is 60.5 Å². The van der Waals surface area contributed by atoms with Gasteiger partial charge in [0.25, 0.3) is 0 Å². The smallest absolute Gasteiger partial charge is 0.352 e. The summed E-state index contributed by atoms with van der Waals surface area (Å²) in [4.78, 5) is 10.1. The van der Waals surface area contributed by atoms with E-state index >= 15 is 0 Å². The van der Waals surface area contributed by atoms with E-state index in [9.17, 15) is 0 Å². The Labute approximate surface area is 297 Å². The Balaban J connectivity index is 0.00000314. The van der Waals surface area contributed by atoms with E-state index in [-0.39, 0.29) is 21.1 Å². The number of aromatic nitrogens is 3. The minimum absolute atomic E-state index is 0. The van der Waals surface area contributed by atoms with Gasteiger partial charge in [0.2, 0.25) is 0 Å². The van der Waals surface area contributed by atoms with Crippen molar-refractivity contribution in [2.75, 3.05) is 0 Å². The quantitative estimate of drug-likeness (QED) is 0.167. The molecule has 0 amide bonds. The summed E-state index contributed by atoms with van der Waals surface area (Å²) in [5, 5.41) is 6.22. The summed E-state index contributed by atoms with van der Waals surface area (Å²) in [6.07, 6.45) is 2.89. The first-order valence-electron chi connectivity index (χ1n) is 16.2. The van der Waals surface area contributed by atoms with Gasteiger partial charge in [-0.05, 0) is 72.8 Å². The topological polar surface area (TPSA) is 35.1 Å². The van der Waals surface area contributed by atoms with Gasteiger partial charge in [0.05, 0.1) is 11.6 Å². The van der Waals surface area contributed by atoms with Crippen LogP contribution in [0.3, 0.4) is 0 Å². The Morgan fingerprint density at radius 3 is 2.29 bits per heavy atom. The molecule has 1 aliphatic heterocycles. The number of aryl methyl sites for hydroxylation is 3. The Hall–Kier alpha value is -4.44. The zero-order valence-electron chi connectivity index (χ0n) is 26.7. The molecule has 3 aromatic heterocycles. The van der Waals surface area contributed by atoms with Crippen molar-refractivity contribution in [3.05, 3.63) is 149 Å². The minimum atomic E-state index is 0. The van der Waals surface area contributed by atoms with Gasteiger partial charge in [-0.2, -0.15) is 6.07 Å². The van der Waals surface area contributed by atoms with Crippen molar-refractivity contribution < 1.29 is 21.1 Å². The van der Waals surface area contributed by atoms with Crippen LogP contribution < -0.4 is 0 Å². The van der Waals surface area contributed by atoms with E-state index in [1.807, 2.05) is 24.0 Å². The summed E-state index contributed by atoms with van der Waals surface area (Å²) in [6, 6.07) is 43.3. The van der Waals surface area contributed by atoms with Crippen LogP contribution in [0, 0.1) is 32.9 Å². The van der Waals surface area contributed by atoms with E-state index in [0.29, 0.717) is 11.3 Å². The minimum Gasteiger partial charge on any atom is -0.352 e. The van der Waals surface area contributed by atoms with Gasteiger partial charge in [0, 0.05) is 32.8 Å². The second kappa shape index (κ2) is 11.1. The molecule has 4 nitrogen and oxygen atoms in total. The van der Waals surface area contributed by atoms with E-state index in [1.54, 1.807) is 0 Å². The average Bonchev–Trinajstić information content (AvgIpc) is 3.81. The van der Waals surface area contributed by atoms with Crippen LogP contribution >= 0.6 is 11.8 Å². The predicted octanol–water partition coefficient (Wildman–Crippen LogP) is 9.96. The summed E-state index contributed by atoms with van der Waals surface area (Å²) in [5.41, 5.74) is 13.8. The van der Waals surface area contributed by atoms with Gasteiger partial charge >= 0.3 is 21.1 Å². The molecule has 234 valence electrons. The predicted molar refractivity (Wildman–Crippen MR) is 196 cm³/mol. The van der Waals surface area contributed by atoms with E-state index in [4.69, 9.17) is 9.98 Å². The Morgan fingerprint density at radius 1 is 0.688 bits per heavy atom. The third-order valence-corrected chi connectivity index (χ3v) is 11.2. The molecule has 0 N–H and O–H groups in total. The number of aliphatic imine (C=N–C) groups is 1. The van der Waals surface area contributed by atoms with E-state index < -0.39 is 0 Å². The number of nitrogens with zero attached hydrogens (tertiary/aromatic N) is 4. The van der Waals surface area contributed by atoms with E-state index in [2.05, 4.69) is 133 Å². The third-order valence-electron chi connectivity index (χ3n) is 9.87. The first kappa shape index (κ1) is 29.7. The second-order valence-electron chi connectivity index (χ2n) is 13.1. The molecule has 2 atom stereocenters. The van der Waals surface area contributed by atoms with Crippen LogP contribution in [0.1, 0.15) is 38.6 Å². The van der Waals surface area contributed by atoms with Gasteiger partial charge in [-0.1, -0.05) is 71.7 Å². The fraction of sp³-hybridized carbons (Fsp3) is 0.143. The van der Waals surface area contributed by atoms with Crippen molar-refractivity contribution in [3.63, 3.8) is 0 Å². The maximum atomic E-state index is 5.27. The second-order valence-corrected chi connectivity index (χ2v) is 14.2. The molecule has 8 aromatic rings. The van der Waals surface area contributed by atoms with Crippen LogP contribution in [0.5, 0.6) is 0 Å². The van der Waals surface area contributed by atoms with Gasteiger partial charge in [0.1, 0.15) is 5.65 Å². The van der Waals surface area contributed by atoms with E-state index in [0.717, 1.165) is 56.0 Å². The standard InChI is InChI=1S/C42H30N4S.Pt/c1-24-10-14-37-34(19-24)32-13-12-29(46-38-15-11-25(2)20-35(38)33-9-6-16-43-41(33)46)23-39(32)45(37)30-18-26(3)17-28(21-30)42-44-36-22-27-7-4-5-8-31(27)40(36)47-42;/h4-20,36,40H,22H2,1-3H3;/q-2;+2/t36-,40+;/m1./s1. The number of hydrogen-bond donors (Lipinski definition) is 0. The molecule has 0 unspecified atom stereocenters. The van der Waals surface area contributed by atoms with Crippen LogP contribution in [-0.2, 0) is 27.5 Å². The first-order valence-corrected chi connectivity index (χ1v) is 17.1. The number of benzene rings is 5. The van der Waals surface area contributed by atoms with Gasteiger partial charge in [0.15, 0.2) is 0 Å². The van der Waals surface area contributed by atoms with Crippen LogP contribution in [0.25, 0.3) is 55.1 Å². The average molecular weight is 818 g/mol. The van der Waals surface area contributed by atoms with Crippen LogP contribution in [0.4, 0.5) is 0 Å². The fourth-order valence-electron chi connectivity index (χ4n) is 7.79. The van der Waals surface area contributed by atoms with Gasteiger partial charge < -0.3 is 14.1 Å².